The second kappa shape index (κ2) is 5.58. The molecule has 0 radical (unpaired) electrons. The van der Waals surface area contributed by atoms with Gasteiger partial charge in [0, 0.05) is 24.7 Å². The van der Waals surface area contributed by atoms with E-state index in [9.17, 15) is 24.5 Å². The van der Waals surface area contributed by atoms with Crippen LogP contribution in [0.4, 0.5) is 11.4 Å². The van der Waals surface area contributed by atoms with Gasteiger partial charge in [-0.05, 0) is 24.3 Å². The van der Waals surface area contributed by atoms with Crippen molar-refractivity contribution in [2.75, 3.05) is 12.4 Å². The summed E-state index contributed by atoms with van der Waals surface area (Å²) in [5.41, 5.74) is 0.653. The van der Waals surface area contributed by atoms with Crippen LogP contribution in [-0.2, 0) is 0 Å². The summed E-state index contributed by atoms with van der Waals surface area (Å²) in [5.74, 6) is -1.45. The first-order valence-corrected chi connectivity index (χ1v) is 6.91. The van der Waals surface area contributed by atoms with E-state index in [2.05, 4.69) is 5.32 Å². The number of benzene rings is 2. The van der Waals surface area contributed by atoms with Crippen molar-refractivity contribution < 1.29 is 19.3 Å². The Balaban J connectivity index is 1.90. The first-order chi connectivity index (χ1) is 11.4. The molecular formula is C16H11N3O5. The molecule has 2 aromatic carbocycles. The Kier molecular flexibility index (Phi) is 3.57. The van der Waals surface area contributed by atoms with Gasteiger partial charge < -0.3 is 5.32 Å². The molecule has 0 saturated heterocycles. The largest absolute Gasteiger partial charge is 0.321 e. The number of nitrogens with zero attached hydrogens (tertiary/aromatic N) is 2. The minimum atomic E-state index is -0.564. The van der Waals surface area contributed by atoms with Crippen molar-refractivity contribution in [2.24, 2.45) is 0 Å². The van der Waals surface area contributed by atoms with Crippen LogP contribution < -0.4 is 5.32 Å². The van der Waals surface area contributed by atoms with Gasteiger partial charge in [0.1, 0.15) is 0 Å². The number of anilines is 1. The topological polar surface area (TPSA) is 110 Å². The first kappa shape index (κ1) is 15.3. The Morgan fingerprint density at radius 1 is 1.08 bits per heavy atom. The number of amides is 3. The molecule has 2 aromatic rings. The van der Waals surface area contributed by atoms with Crippen molar-refractivity contribution >= 4 is 29.1 Å². The molecule has 8 nitrogen and oxygen atoms in total. The number of rotatable bonds is 3. The predicted octanol–water partition coefficient (Wildman–Crippen LogP) is 2.07. The van der Waals surface area contributed by atoms with Crippen molar-refractivity contribution in [1.29, 1.82) is 0 Å². The van der Waals surface area contributed by atoms with Crippen molar-refractivity contribution in [3.05, 3.63) is 69.3 Å². The number of carbonyl (C=O) groups is 3. The molecule has 0 fully saturated rings. The number of nitro benzene ring substituents is 1. The molecule has 1 N–H and O–H groups in total. The Labute approximate surface area is 135 Å². The Bertz CT molecular complexity index is 889. The van der Waals surface area contributed by atoms with Gasteiger partial charge in [0.15, 0.2) is 0 Å². The maximum Gasteiger partial charge on any atom is 0.269 e. The van der Waals surface area contributed by atoms with Gasteiger partial charge in [-0.25, -0.2) is 0 Å². The number of nitro groups is 1. The molecule has 0 atom stereocenters. The highest BCUT2D eigenvalue weighted by Gasteiger charge is 2.35. The van der Waals surface area contributed by atoms with Crippen molar-refractivity contribution in [1.82, 2.24) is 4.90 Å². The minimum absolute atomic E-state index is 0.130. The number of hydrogen-bond donors (Lipinski definition) is 1. The Morgan fingerprint density at radius 2 is 1.75 bits per heavy atom. The third-order valence-corrected chi connectivity index (χ3v) is 3.71. The predicted molar refractivity (Wildman–Crippen MR) is 83.9 cm³/mol. The van der Waals surface area contributed by atoms with E-state index >= 15 is 0 Å². The van der Waals surface area contributed by atoms with Crippen LogP contribution in [0.2, 0.25) is 0 Å². The maximum absolute atomic E-state index is 12.3. The summed E-state index contributed by atoms with van der Waals surface area (Å²) in [6.45, 7) is 0. The molecule has 24 heavy (non-hydrogen) atoms. The lowest BCUT2D eigenvalue weighted by Gasteiger charge is -2.09. The van der Waals surface area contributed by atoms with Crippen LogP contribution in [0.3, 0.4) is 0 Å². The summed E-state index contributed by atoms with van der Waals surface area (Å²) < 4.78 is 0. The molecule has 0 bridgehead atoms. The third-order valence-electron chi connectivity index (χ3n) is 3.71. The number of nitrogens with one attached hydrogen (secondary N) is 1. The zero-order chi connectivity index (χ0) is 17.4. The average Bonchev–Trinajstić information content (AvgIpc) is 2.80. The van der Waals surface area contributed by atoms with Crippen LogP contribution in [0.25, 0.3) is 0 Å². The lowest BCUT2D eigenvalue weighted by molar-refractivity contribution is -0.384. The van der Waals surface area contributed by atoms with Gasteiger partial charge in [-0.15, -0.1) is 0 Å². The lowest BCUT2D eigenvalue weighted by Crippen LogP contribution is -2.24. The molecule has 1 heterocycles. The zero-order valence-corrected chi connectivity index (χ0v) is 12.5. The SMILES string of the molecule is CN1C(=O)c2cccc(NC(=O)c3ccc([N+](=O)[O-])cc3)c2C1=O. The average molecular weight is 325 g/mol. The van der Waals surface area contributed by atoms with Crippen molar-refractivity contribution in [3.8, 4) is 0 Å². The summed E-state index contributed by atoms with van der Waals surface area (Å²) >= 11 is 0. The quantitative estimate of drug-likeness (QED) is 0.528. The highest BCUT2D eigenvalue weighted by molar-refractivity contribution is 6.24. The summed E-state index contributed by atoms with van der Waals surface area (Å²) in [6.07, 6.45) is 0. The van der Waals surface area contributed by atoms with E-state index in [-0.39, 0.29) is 28.1 Å². The Morgan fingerprint density at radius 3 is 2.38 bits per heavy atom. The van der Waals surface area contributed by atoms with E-state index in [4.69, 9.17) is 0 Å². The van der Waals surface area contributed by atoms with Crippen molar-refractivity contribution in [2.45, 2.75) is 0 Å². The summed E-state index contributed by atoms with van der Waals surface area (Å²) in [5, 5.41) is 13.2. The molecule has 0 spiro atoms. The molecule has 0 aromatic heterocycles. The fourth-order valence-corrected chi connectivity index (χ4v) is 2.43. The molecular weight excluding hydrogens is 314 g/mol. The molecule has 3 rings (SSSR count). The van der Waals surface area contributed by atoms with E-state index in [1.54, 1.807) is 6.07 Å². The van der Waals surface area contributed by atoms with Gasteiger partial charge in [0.2, 0.25) is 0 Å². The molecule has 0 aliphatic carbocycles. The zero-order valence-electron chi connectivity index (χ0n) is 12.5. The maximum atomic E-state index is 12.3. The van der Waals surface area contributed by atoms with Gasteiger partial charge >= 0.3 is 0 Å². The van der Waals surface area contributed by atoms with Crippen LogP contribution in [0.5, 0.6) is 0 Å². The fourth-order valence-electron chi connectivity index (χ4n) is 2.43. The van der Waals surface area contributed by atoms with Crippen LogP contribution in [0.15, 0.2) is 42.5 Å². The molecule has 3 amide bonds. The van der Waals surface area contributed by atoms with E-state index < -0.39 is 22.6 Å². The molecule has 0 unspecified atom stereocenters. The third kappa shape index (κ3) is 2.39. The van der Waals surface area contributed by atoms with E-state index in [1.807, 2.05) is 0 Å². The molecule has 120 valence electrons. The monoisotopic (exact) mass is 325 g/mol. The second-order valence-corrected chi connectivity index (χ2v) is 5.16. The van der Waals surface area contributed by atoms with Crippen LogP contribution >= 0.6 is 0 Å². The first-order valence-electron chi connectivity index (χ1n) is 6.91. The normalized spacial score (nSPS) is 13.0. The van der Waals surface area contributed by atoms with Crippen molar-refractivity contribution in [3.63, 3.8) is 0 Å². The fraction of sp³-hybridized carbons (Fsp3) is 0.0625. The highest BCUT2D eigenvalue weighted by atomic mass is 16.6. The number of imide groups is 1. The summed E-state index contributed by atoms with van der Waals surface area (Å²) in [7, 11) is 1.37. The molecule has 8 heteroatoms. The smallest absolute Gasteiger partial charge is 0.269 e. The second-order valence-electron chi connectivity index (χ2n) is 5.16. The lowest BCUT2D eigenvalue weighted by atomic mass is 10.1. The Hall–Kier alpha value is -3.55. The highest BCUT2D eigenvalue weighted by Crippen LogP contribution is 2.28. The number of carbonyl (C=O) groups excluding carboxylic acids is 3. The van der Waals surface area contributed by atoms with Crippen LogP contribution in [0, 0.1) is 10.1 Å². The number of non-ortho nitro benzene ring substituents is 1. The van der Waals surface area contributed by atoms with Gasteiger partial charge in [-0.2, -0.15) is 0 Å². The van der Waals surface area contributed by atoms with Gasteiger partial charge in [0.25, 0.3) is 23.4 Å². The van der Waals surface area contributed by atoms with Crippen LogP contribution in [0.1, 0.15) is 31.1 Å². The minimum Gasteiger partial charge on any atom is -0.321 e. The summed E-state index contributed by atoms with van der Waals surface area (Å²) in [4.78, 5) is 47.4. The van der Waals surface area contributed by atoms with E-state index in [0.29, 0.717) is 0 Å². The molecule has 1 aliphatic rings. The van der Waals surface area contributed by atoms with Gasteiger partial charge in [0.05, 0.1) is 21.7 Å². The molecule has 1 aliphatic heterocycles. The molecule has 0 saturated carbocycles. The summed E-state index contributed by atoms with van der Waals surface area (Å²) in [6, 6.07) is 9.66. The van der Waals surface area contributed by atoms with E-state index in [0.717, 1.165) is 4.90 Å². The number of fused-ring (bicyclic) bond motifs is 1. The van der Waals surface area contributed by atoms with Crippen LogP contribution in [-0.4, -0.2) is 34.6 Å². The van der Waals surface area contributed by atoms with E-state index in [1.165, 1.54) is 43.4 Å². The standard InChI is InChI=1S/C16H11N3O5/c1-18-15(21)11-3-2-4-12(13(11)16(18)22)17-14(20)9-5-7-10(8-6-9)19(23)24/h2-8H,1H3,(H,17,20). The number of hydrogen-bond acceptors (Lipinski definition) is 5. The van der Waals surface area contributed by atoms with Gasteiger partial charge in [-0.3, -0.25) is 29.4 Å². The van der Waals surface area contributed by atoms with Gasteiger partial charge in [-0.1, -0.05) is 6.07 Å².